The molecule has 0 radical (unpaired) electrons. The Labute approximate surface area is 414 Å². The summed E-state index contributed by atoms with van der Waals surface area (Å²) in [6.45, 7) is 27.7. The number of aliphatic hydroxyl groups is 1. The SMILES string of the molecule is CCC(C)[C@H]1O[C@]2(C=C[C@@H]1C)C[C@@H]1C[C@@H](C/C=C(\C)[C@@H](O[C@H]3C[C@H](OC)[C@@H](O[C@H]4C[C@H](OC)[C@H](N)[C@H](C)O4)[C@H](C)O3)[C@@H](C)/C=C/C=C3\CO[C@@H]4[C@H](O[Si](C)(C)C(C)(C)C)C(C)=C[C@@H](C(=O)O1)[C@]34O)O2. The summed E-state index contributed by atoms with van der Waals surface area (Å²) in [7, 11) is 0.975. The maximum Gasteiger partial charge on any atom is 0.316 e. The van der Waals surface area contributed by atoms with Gasteiger partial charge in [0, 0.05) is 51.7 Å². The summed E-state index contributed by atoms with van der Waals surface area (Å²) in [5, 5.41) is 13.1. The molecule has 4 saturated heterocycles. The fraction of sp³-hybridized carbons (Fsp3) is 0.796. The van der Waals surface area contributed by atoms with Gasteiger partial charge in [0.25, 0.3) is 0 Å². The van der Waals surface area contributed by atoms with E-state index in [1.165, 1.54) is 0 Å². The molecule has 390 valence electrons. The summed E-state index contributed by atoms with van der Waals surface area (Å²) in [6.07, 6.45) is 11.7. The summed E-state index contributed by atoms with van der Waals surface area (Å²) < 4.78 is 72.3. The summed E-state index contributed by atoms with van der Waals surface area (Å²) in [5.41, 5.74) is 7.04. The predicted octanol–water partition coefficient (Wildman–Crippen LogP) is 8.37. The lowest BCUT2D eigenvalue weighted by molar-refractivity contribution is -0.311. The molecule has 6 aliphatic heterocycles. The maximum absolute atomic E-state index is 14.8. The number of fused-ring (bicyclic) bond motifs is 2. The molecular weight excluding hydrogens is 899 g/mol. The minimum atomic E-state index is -2.37. The Morgan fingerprint density at radius 2 is 1.58 bits per heavy atom. The van der Waals surface area contributed by atoms with Crippen molar-refractivity contribution in [2.24, 2.45) is 29.4 Å². The van der Waals surface area contributed by atoms with Crippen LogP contribution in [-0.2, 0) is 56.6 Å². The van der Waals surface area contributed by atoms with E-state index in [2.05, 4.69) is 86.7 Å². The van der Waals surface area contributed by atoms with E-state index in [-0.39, 0.29) is 66.0 Å². The highest BCUT2D eigenvalue weighted by molar-refractivity contribution is 6.74. The number of hydrogen-bond acceptors (Lipinski definition) is 14. The number of rotatable bonds is 10. The Morgan fingerprint density at radius 3 is 2.26 bits per heavy atom. The van der Waals surface area contributed by atoms with Gasteiger partial charge in [-0.2, -0.15) is 0 Å². The largest absolute Gasteiger partial charge is 0.462 e. The predicted molar refractivity (Wildman–Crippen MR) is 265 cm³/mol. The third-order valence-electron chi connectivity index (χ3n) is 16.8. The van der Waals surface area contributed by atoms with Crippen molar-refractivity contribution >= 4 is 14.3 Å². The molecule has 3 N–H and O–H groups in total. The number of hydrogen-bond donors (Lipinski definition) is 2. The van der Waals surface area contributed by atoms with Crippen LogP contribution in [0.25, 0.3) is 0 Å². The van der Waals surface area contributed by atoms with E-state index in [4.69, 9.17) is 57.5 Å². The van der Waals surface area contributed by atoms with Crippen LogP contribution in [0.5, 0.6) is 0 Å². The van der Waals surface area contributed by atoms with Crippen molar-refractivity contribution in [1.29, 1.82) is 0 Å². The highest BCUT2D eigenvalue weighted by Crippen LogP contribution is 2.50. The Kier molecular flexibility index (Phi) is 17.3. The van der Waals surface area contributed by atoms with E-state index in [1.807, 2.05) is 45.1 Å². The third-order valence-corrected chi connectivity index (χ3v) is 21.3. The number of allylic oxidation sites excluding steroid dienone is 2. The van der Waals surface area contributed by atoms with Crippen molar-refractivity contribution in [2.45, 2.75) is 230 Å². The van der Waals surface area contributed by atoms with Gasteiger partial charge in [-0.1, -0.05) is 91.3 Å². The van der Waals surface area contributed by atoms with Crippen LogP contribution in [0.3, 0.4) is 0 Å². The van der Waals surface area contributed by atoms with Crippen LogP contribution in [0.2, 0.25) is 18.1 Å². The van der Waals surface area contributed by atoms with Gasteiger partial charge < -0.3 is 62.6 Å². The monoisotopic (exact) mass is 986 g/mol. The van der Waals surface area contributed by atoms with Gasteiger partial charge in [-0.15, -0.1) is 0 Å². The molecule has 0 amide bonds. The average molecular weight is 986 g/mol. The van der Waals surface area contributed by atoms with E-state index < -0.39 is 80.8 Å². The first-order valence-corrected chi connectivity index (χ1v) is 28.8. The van der Waals surface area contributed by atoms with E-state index in [9.17, 15) is 9.90 Å². The molecule has 2 bridgehead atoms. The lowest BCUT2D eigenvalue weighted by Gasteiger charge is -2.49. The van der Waals surface area contributed by atoms with Gasteiger partial charge in [0.05, 0.1) is 61.5 Å². The van der Waals surface area contributed by atoms with Crippen LogP contribution in [0.15, 0.2) is 59.3 Å². The van der Waals surface area contributed by atoms with Gasteiger partial charge in [0.15, 0.2) is 26.7 Å². The smallest absolute Gasteiger partial charge is 0.316 e. The molecule has 1 unspecified atom stereocenters. The zero-order valence-corrected chi connectivity index (χ0v) is 45.3. The first-order valence-electron chi connectivity index (χ1n) is 25.9. The van der Waals surface area contributed by atoms with E-state index in [0.29, 0.717) is 37.7 Å². The van der Waals surface area contributed by atoms with Gasteiger partial charge in [-0.05, 0) is 81.0 Å². The fourth-order valence-corrected chi connectivity index (χ4v) is 12.5. The first kappa shape index (κ1) is 54.7. The third kappa shape index (κ3) is 11.5. The van der Waals surface area contributed by atoms with Crippen molar-refractivity contribution in [3.05, 3.63) is 59.3 Å². The number of nitrogens with two attached hydrogens (primary N) is 1. The van der Waals surface area contributed by atoms with Crippen LogP contribution >= 0.6 is 0 Å². The molecule has 0 aromatic carbocycles. The minimum absolute atomic E-state index is 0.0830. The molecule has 7 rings (SSSR count). The molecule has 0 aromatic heterocycles. The van der Waals surface area contributed by atoms with Crippen LogP contribution in [0.4, 0.5) is 0 Å². The molecular formula is C54H87NO13Si. The zero-order valence-electron chi connectivity index (χ0n) is 44.3. The lowest BCUT2D eigenvalue weighted by Crippen LogP contribution is -2.60. The second-order valence-corrected chi connectivity index (χ2v) is 27.7. The second-order valence-electron chi connectivity index (χ2n) is 22.9. The molecule has 7 aliphatic rings. The quantitative estimate of drug-likeness (QED) is 0.122. The van der Waals surface area contributed by atoms with Crippen molar-refractivity contribution < 1.29 is 61.7 Å². The molecule has 14 nitrogen and oxygen atoms in total. The van der Waals surface area contributed by atoms with E-state index >= 15 is 0 Å². The standard InChI is InChI=1S/C54H87NO13Si/c1-16-30(2)47-33(5)22-23-53(67-47)28-39-25-38(66-53)21-20-32(4)46(64-44-27-42(59-13)49(36(8)62-44)65-43-26-41(58-12)45(55)35(7)61-43)31(3)18-17-19-37-29-60-50-48(68-69(14,15)52(9,10)11)34(6)24-40(51(56)63-39)54(37,50)57/h17-20,22-24,30-31,33,35-36,38-50,57H,16,21,25-29,55H2,1-15H3/b18-17+,32-20+,37-19+/t30?,31-,33-,35-,36-,38+,39-,40-,41-,42-,43-,44-,45+,46-,47+,48+,49-,50+,53+,54+/m0/s1. The molecule has 4 fully saturated rings. The van der Waals surface area contributed by atoms with Gasteiger partial charge in [-0.25, -0.2) is 0 Å². The topological polar surface area (TPSA) is 165 Å². The van der Waals surface area contributed by atoms with E-state index in [1.54, 1.807) is 14.2 Å². The van der Waals surface area contributed by atoms with Gasteiger partial charge in [0.2, 0.25) is 0 Å². The molecule has 0 saturated carbocycles. The van der Waals surface area contributed by atoms with Crippen LogP contribution in [0, 0.1) is 23.7 Å². The Hall–Kier alpha value is -2.09. The highest BCUT2D eigenvalue weighted by atomic mass is 28.4. The highest BCUT2D eigenvalue weighted by Gasteiger charge is 2.62. The van der Waals surface area contributed by atoms with Gasteiger partial charge in [-0.3, -0.25) is 4.79 Å². The Bertz CT molecular complexity index is 1950. The number of carbonyl (C=O) groups is 1. The lowest BCUT2D eigenvalue weighted by atomic mass is 9.71. The van der Waals surface area contributed by atoms with Crippen LogP contribution in [0.1, 0.15) is 115 Å². The van der Waals surface area contributed by atoms with Crippen LogP contribution < -0.4 is 5.73 Å². The minimum Gasteiger partial charge on any atom is -0.462 e. The van der Waals surface area contributed by atoms with Crippen LogP contribution in [-0.4, -0.2) is 137 Å². The van der Waals surface area contributed by atoms with Gasteiger partial charge >= 0.3 is 5.97 Å². The summed E-state index contributed by atoms with van der Waals surface area (Å²) in [4.78, 5) is 14.8. The zero-order chi connectivity index (χ0) is 50.4. The number of esters is 1. The van der Waals surface area contributed by atoms with E-state index in [0.717, 1.165) is 17.6 Å². The molecule has 1 spiro atoms. The Morgan fingerprint density at radius 1 is 0.899 bits per heavy atom. The normalized spacial score (nSPS) is 45.9. The molecule has 0 aromatic rings. The Balaban J connectivity index is 1.22. The summed E-state index contributed by atoms with van der Waals surface area (Å²) in [5.74, 6) is -2.36. The van der Waals surface area contributed by atoms with Crippen molar-refractivity contribution in [3.8, 4) is 0 Å². The average Bonchev–Trinajstić information content (AvgIpc) is 3.63. The summed E-state index contributed by atoms with van der Waals surface area (Å²) >= 11 is 0. The van der Waals surface area contributed by atoms with Crippen molar-refractivity contribution in [3.63, 3.8) is 0 Å². The maximum atomic E-state index is 14.8. The molecule has 1 aliphatic carbocycles. The number of ether oxygens (including phenoxy) is 10. The van der Waals surface area contributed by atoms with Gasteiger partial charge in [0.1, 0.15) is 29.8 Å². The van der Waals surface area contributed by atoms with Crippen molar-refractivity contribution in [2.75, 3.05) is 20.8 Å². The number of carbonyl (C=O) groups excluding carboxylic acids is 1. The number of methoxy groups -OCH3 is 2. The molecule has 6 heterocycles. The first-order chi connectivity index (χ1) is 32.4. The molecule has 15 heteroatoms. The molecule has 20 atom stereocenters. The van der Waals surface area contributed by atoms with Crippen molar-refractivity contribution in [1.82, 2.24) is 0 Å². The molecule has 69 heavy (non-hydrogen) atoms. The summed E-state index contributed by atoms with van der Waals surface area (Å²) in [6, 6.07) is -0.255. The fourth-order valence-electron chi connectivity index (χ4n) is 11.2. The second kappa shape index (κ2) is 21.8.